The van der Waals surface area contributed by atoms with E-state index in [2.05, 4.69) is 10.1 Å². The first-order valence-corrected chi connectivity index (χ1v) is 5.63. The maximum Gasteiger partial charge on any atom is 0.411 e. The lowest BCUT2D eigenvalue weighted by molar-refractivity contribution is -0.147. The van der Waals surface area contributed by atoms with Gasteiger partial charge >= 0.3 is 12.1 Å². The number of hydrogen-bond acceptors (Lipinski definition) is 5. The molecule has 1 N–H and O–H groups in total. The Bertz CT molecular complexity index is 304. The minimum Gasteiger partial charge on any atom is -0.467 e. The summed E-state index contributed by atoms with van der Waals surface area (Å²) in [6.07, 6.45) is -0.477. The van der Waals surface area contributed by atoms with Gasteiger partial charge in [-0.3, -0.25) is 4.90 Å². The normalized spacial score (nSPS) is 19.8. The zero-order valence-electron chi connectivity index (χ0n) is 11.2. The van der Waals surface area contributed by atoms with Crippen LogP contribution >= 0.6 is 12.4 Å². The molecule has 7 heteroatoms. The summed E-state index contributed by atoms with van der Waals surface area (Å²) in [7, 11) is 1.31. The van der Waals surface area contributed by atoms with Crippen LogP contribution in [0.15, 0.2) is 0 Å². The van der Waals surface area contributed by atoms with E-state index in [1.54, 1.807) is 20.8 Å². The molecule has 1 fully saturated rings. The molecule has 18 heavy (non-hydrogen) atoms. The summed E-state index contributed by atoms with van der Waals surface area (Å²) in [6, 6.07) is -0.608. The van der Waals surface area contributed by atoms with Crippen LogP contribution in [0.4, 0.5) is 4.79 Å². The van der Waals surface area contributed by atoms with Gasteiger partial charge in [-0.1, -0.05) is 0 Å². The van der Waals surface area contributed by atoms with Crippen molar-refractivity contribution in [2.75, 3.05) is 26.7 Å². The highest BCUT2D eigenvalue weighted by atomic mass is 35.5. The summed E-state index contributed by atoms with van der Waals surface area (Å²) < 4.78 is 9.93. The standard InChI is InChI=1S/C11H20N2O4.ClH/c1-11(2,3)17-10(15)13-6-5-12-7-8(13)9(14)16-4;/h8,12H,5-7H2,1-4H3;1H/t8-;/m0./s1. The Balaban J connectivity index is 0.00000289. The highest BCUT2D eigenvalue weighted by molar-refractivity contribution is 5.85. The third kappa shape index (κ3) is 4.70. The molecule has 0 spiro atoms. The first-order valence-electron chi connectivity index (χ1n) is 5.63. The highest BCUT2D eigenvalue weighted by Crippen LogP contribution is 2.13. The van der Waals surface area contributed by atoms with Gasteiger partial charge in [-0.15, -0.1) is 12.4 Å². The molecule has 1 atom stereocenters. The lowest BCUT2D eigenvalue weighted by Gasteiger charge is -2.35. The first kappa shape index (κ1) is 17.0. The fourth-order valence-corrected chi connectivity index (χ4v) is 1.59. The lowest BCUT2D eigenvalue weighted by atomic mass is 10.2. The van der Waals surface area contributed by atoms with E-state index in [0.717, 1.165) is 0 Å². The van der Waals surface area contributed by atoms with Gasteiger partial charge in [0.1, 0.15) is 11.6 Å². The van der Waals surface area contributed by atoms with E-state index in [-0.39, 0.29) is 12.4 Å². The first-order chi connectivity index (χ1) is 7.85. The van der Waals surface area contributed by atoms with Crippen molar-refractivity contribution in [1.29, 1.82) is 0 Å². The number of nitrogens with zero attached hydrogens (tertiary/aromatic N) is 1. The highest BCUT2D eigenvalue weighted by Gasteiger charge is 2.35. The summed E-state index contributed by atoms with van der Waals surface area (Å²) in [6.45, 7) is 6.86. The van der Waals surface area contributed by atoms with Gasteiger partial charge in [-0.2, -0.15) is 0 Å². The molecule has 1 rings (SSSR count). The monoisotopic (exact) mass is 280 g/mol. The Morgan fingerprint density at radius 3 is 2.44 bits per heavy atom. The zero-order chi connectivity index (χ0) is 13.1. The van der Waals surface area contributed by atoms with E-state index < -0.39 is 23.7 Å². The number of piperazine rings is 1. The summed E-state index contributed by atoms with van der Waals surface area (Å²) >= 11 is 0. The number of ether oxygens (including phenoxy) is 2. The Labute approximate surface area is 113 Å². The fourth-order valence-electron chi connectivity index (χ4n) is 1.59. The van der Waals surface area contributed by atoms with Crippen LogP contribution < -0.4 is 5.32 Å². The average molecular weight is 281 g/mol. The molecule has 6 nitrogen and oxygen atoms in total. The van der Waals surface area contributed by atoms with Crippen LogP contribution in [0.2, 0.25) is 0 Å². The maximum absolute atomic E-state index is 11.9. The predicted molar refractivity (Wildman–Crippen MR) is 68.9 cm³/mol. The summed E-state index contributed by atoms with van der Waals surface area (Å²) in [4.78, 5) is 24.9. The molecule has 0 aromatic carbocycles. The molecule has 1 saturated heterocycles. The van der Waals surface area contributed by atoms with Crippen molar-refractivity contribution < 1.29 is 19.1 Å². The van der Waals surface area contributed by atoms with E-state index in [0.29, 0.717) is 19.6 Å². The molecule has 0 aromatic rings. The van der Waals surface area contributed by atoms with Crippen LogP contribution in [0.25, 0.3) is 0 Å². The third-order valence-electron chi connectivity index (χ3n) is 2.34. The molecular weight excluding hydrogens is 260 g/mol. The predicted octanol–water partition coefficient (Wildman–Crippen LogP) is 0.790. The fraction of sp³-hybridized carbons (Fsp3) is 0.818. The molecule has 1 amide bonds. The number of rotatable bonds is 1. The van der Waals surface area contributed by atoms with Crippen LogP contribution in [-0.2, 0) is 14.3 Å². The van der Waals surface area contributed by atoms with Crippen LogP contribution in [-0.4, -0.2) is 55.3 Å². The molecule has 1 aliphatic rings. The minimum absolute atomic E-state index is 0. The largest absolute Gasteiger partial charge is 0.467 e. The number of halogens is 1. The molecule has 1 heterocycles. The number of hydrogen-bond donors (Lipinski definition) is 1. The molecular formula is C11H21ClN2O4. The Hall–Kier alpha value is -1.01. The van der Waals surface area contributed by atoms with E-state index in [4.69, 9.17) is 4.74 Å². The number of nitrogens with one attached hydrogen (secondary N) is 1. The lowest BCUT2D eigenvalue weighted by Crippen LogP contribution is -2.58. The SMILES string of the molecule is COC(=O)[C@@H]1CNCCN1C(=O)OC(C)(C)C.Cl. The molecule has 106 valence electrons. The van der Waals surface area contributed by atoms with Gasteiger partial charge in [0.15, 0.2) is 0 Å². The second kappa shape index (κ2) is 6.80. The van der Waals surface area contributed by atoms with Crippen molar-refractivity contribution in [3.63, 3.8) is 0 Å². The van der Waals surface area contributed by atoms with Crippen LogP contribution in [0.5, 0.6) is 0 Å². The van der Waals surface area contributed by atoms with Crippen molar-refractivity contribution in [1.82, 2.24) is 10.2 Å². The molecule has 0 radical (unpaired) electrons. The summed E-state index contributed by atoms with van der Waals surface area (Å²) in [5.74, 6) is -0.428. The van der Waals surface area contributed by atoms with E-state index in [1.165, 1.54) is 12.0 Å². The molecule has 0 bridgehead atoms. The van der Waals surface area contributed by atoms with Crippen molar-refractivity contribution >= 4 is 24.5 Å². The quantitative estimate of drug-likeness (QED) is 0.719. The van der Waals surface area contributed by atoms with Gasteiger partial charge < -0.3 is 14.8 Å². The second-order valence-corrected chi connectivity index (χ2v) is 4.92. The zero-order valence-corrected chi connectivity index (χ0v) is 12.0. The van der Waals surface area contributed by atoms with Crippen LogP contribution in [0, 0.1) is 0 Å². The van der Waals surface area contributed by atoms with E-state index >= 15 is 0 Å². The van der Waals surface area contributed by atoms with Crippen LogP contribution in [0.3, 0.4) is 0 Å². The van der Waals surface area contributed by atoms with Crippen molar-refractivity contribution in [3.05, 3.63) is 0 Å². The summed E-state index contributed by atoms with van der Waals surface area (Å²) in [5, 5.41) is 3.05. The van der Waals surface area contributed by atoms with Crippen molar-refractivity contribution in [3.8, 4) is 0 Å². The summed E-state index contributed by atoms with van der Waals surface area (Å²) in [5.41, 5.74) is -0.567. The van der Waals surface area contributed by atoms with E-state index in [9.17, 15) is 9.59 Å². The van der Waals surface area contributed by atoms with Gasteiger partial charge in [-0.05, 0) is 20.8 Å². The van der Waals surface area contributed by atoms with Crippen LogP contribution in [0.1, 0.15) is 20.8 Å². The van der Waals surface area contributed by atoms with Gasteiger partial charge in [0.25, 0.3) is 0 Å². The van der Waals surface area contributed by atoms with Gasteiger partial charge in [0.2, 0.25) is 0 Å². The third-order valence-corrected chi connectivity index (χ3v) is 2.34. The topological polar surface area (TPSA) is 67.9 Å². The Morgan fingerprint density at radius 1 is 1.33 bits per heavy atom. The number of carbonyl (C=O) groups excluding carboxylic acids is 2. The molecule has 0 aromatic heterocycles. The van der Waals surface area contributed by atoms with Gasteiger partial charge in [-0.25, -0.2) is 9.59 Å². The average Bonchev–Trinajstić information content (AvgIpc) is 2.25. The number of amides is 1. The Kier molecular flexibility index (Phi) is 6.42. The van der Waals surface area contributed by atoms with Gasteiger partial charge in [0, 0.05) is 19.6 Å². The number of esters is 1. The maximum atomic E-state index is 11.9. The smallest absolute Gasteiger partial charge is 0.411 e. The van der Waals surface area contributed by atoms with Crippen molar-refractivity contribution in [2.24, 2.45) is 0 Å². The molecule has 0 aliphatic carbocycles. The van der Waals surface area contributed by atoms with Crippen molar-refractivity contribution in [2.45, 2.75) is 32.4 Å². The molecule has 0 saturated carbocycles. The van der Waals surface area contributed by atoms with Gasteiger partial charge in [0.05, 0.1) is 7.11 Å². The second-order valence-electron chi connectivity index (χ2n) is 4.92. The molecule has 0 unspecified atom stereocenters. The number of carbonyl (C=O) groups is 2. The molecule has 1 aliphatic heterocycles. The van der Waals surface area contributed by atoms with E-state index in [1.807, 2.05) is 0 Å². The minimum atomic E-state index is -0.608. The number of methoxy groups -OCH3 is 1. The Morgan fingerprint density at radius 2 is 1.94 bits per heavy atom.